The van der Waals surface area contributed by atoms with Gasteiger partial charge in [0.2, 0.25) is 0 Å². The van der Waals surface area contributed by atoms with Crippen molar-refractivity contribution in [1.29, 1.82) is 0 Å². The highest BCUT2D eigenvalue weighted by Crippen LogP contribution is 2.14. The summed E-state index contributed by atoms with van der Waals surface area (Å²) in [6, 6.07) is 18.9. The molecule has 0 bridgehead atoms. The van der Waals surface area contributed by atoms with Crippen LogP contribution in [0.4, 0.5) is 0 Å². The first-order valence-electron chi connectivity index (χ1n) is 8.86. The molecule has 0 radical (unpaired) electrons. The number of benzene rings is 1. The average molecular weight is 370 g/mol. The maximum absolute atomic E-state index is 12.4. The molecule has 1 N–H and O–H groups in total. The zero-order valence-corrected chi connectivity index (χ0v) is 15.1. The van der Waals surface area contributed by atoms with E-state index in [-0.39, 0.29) is 5.91 Å². The van der Waals surface area contributed by atoms with Gasteiger partial charge in [0.25, 0.3) is 5.91 Å². The van der Waals surface area contributed by atoms with Gasteiger partial charge >= 0.3 is 0 Å². The summed E-state index contributed by atoms with van der Waals surface area (Å²) in [5, 5.41) is 11.2. The van der Waals surface area contributed by atoms with E-state index in [1.165, 1.54) is 0 Å². The summed E-state index contributed by atoms with van der Waals surface area (Å²) in [6.45, 7) is 1.02. The first-order chi connectivity index (χ1) is 13.8. The van der Waals surface area contributed by atoms with Crippen LogP contribution in [0.5, 0.6) is 0 Å². The molecule has 3 heterocycles. The number of aromatic nitrogens is 5. The van der Waals surface area contributed by atoms with Gasteiger partial charge in [0.15, 0.2) is 0 Å². The summed E-state index contributed by atoms with van der Waals surface area (Å²) >= 11 is 0. The molecule has 4 rings (SSSR count). The van der Waals surface area contributed by atoms with Crippen LogP contribution >= 0.6 is 0 Å². The molecule has 138 valence electrons. The number of pyridine rings is 2. The monoisotopic (exact) mass is 370 g/mol. The molecule has 7 heteroatoms. The van der Waals surface area contributed by atoms with E-state index >= 15 is 0 Å². The Morgan fingerprint density at radius 2 is 1.79 bits per heavy atom. The first-order valence-corrected chi connectivity index (χ1v) is 8.86. The highest BCUT2D eigenvalue weighted by Gasteiger charge is 2.11. The molecule has 0 spiro atoms. The maximum Gasteiger partial charge on any atom is 0.270 e. The summed E-state index contributed by atoms with van der Waals surface area (Å²) in [6.07, 6.45) is 5.33. The van der Waals surface area contributed by atoms with E-state index in [0.29, 0.717) is 30.2 Å². The molecule has 0 fully saturated rings. The lowest BCUT2D eigenvalue weighted by Crippen LogP contribution is -2.23. The van der Waals surface area contributed by atoms with Gasteiger partial charge in [-0.1, -0.05) is 47.7 Å². The number of amides is 1. The minimum Gasteiger partial charge on any atom is -0.347 e. The van der Waals surface area contributed by atoms with Gasteiger partial charge in [0.1, 0.15) is 11.4 Å². The van der Waals surface area contributed by atoms with E-state index in [9.17, 15) is 4.79 Å². The topological polar surface area (TPSA) is 85.6 Å². The molecule has 1 amide bonds. The van der Waals surface area contributed by atoms with Crippen LogP contribution in [0.15, 0.2) is 79.3 Å². The van der Waals surface area contributed by atoms with Crippen LogP contribution in [0.25, 0.3) is 11.4 Å². The van der Waals surface area contributed by atoms with Gasteiger partial charge in [-0.05, 0) is 29.3 Å². The molecule has 0 saturated heterocycles. The van der Waals surface area contributed by atoms with Crippen molar-refractivity contribution in [2.24, 2.45) is 0 Å². The minimum absolute atomic E-state index is 0.228. The number of hydrogen-bond acceptors (Lipinski definition) is 5. The molecular weight excluding hydrogens is 352 g/mol. The predicted octanol–water partition coefficient (Wildman–Crippen LogP) is 2.71. The fourth-order valence-corrected chi connectivity index (χ4v) is 2.74. The van der Waals surface area contributed by atoms with Crippen LogP contribution < -0.4 is 5.32 Å². The van der Waals surface area contributed by atoms with Gasteiger partial charge in [-0.2, -0.15) is 0 Å². The highest BCUT2D eigenvalue weighted by atomic mass is 16.1. The summed E-state index contributed by atoms with van der Waals surface area (Å²) in [5.74, 6) is -0.228. The normalized spacial score (nSPS) is 10.6. The Kier molecular flexibility index (Phi) is 5.15. The van der Waals surface area contributed by atoms with E-state index in [2.05, 4.69) is 25.6 Å². The van der Waals surface area contributed by atoms with Crippen LogP contribution in [0.2, 0.25) is 0 Å². The zero-order chi connectivity index (χ0) is 19.2. The Morgan fingerprint density at radius 1 is 0.929 bits per heavy atom. The summed E-state index contributed by atoms with van der Waals surface area (Å²) in [5.41, 5.74) is 3.62. The van der Waals surface area contributed by atoms with Crippen LogP contribution in [-0.2, 0) is 13.1 Å². The molecule has 0 saturated carbocycles. The van der Waals surface area contributed by atoms with E-state index in [1.54, 1.807) is 35.4 Å². The quantitative estimate of drug-likeness (QED) is 0.564. The lowest BCUT2D eigenvalue weighted by Gasteiger charge is -2.05. The van der Waals surface area contributed by atoms with Crippen molar-refractivity contribution in [3.63, 3.8) is 0 Å². The number of nitrogens with zero attached hydrogens (tertiary/aromatic N) is 5. The minimum atomic E-state index is -0.228. The largest absolute Gasteiger partial charge is 0.347 e. The lowest BCUT2D eigenvalue weighted by molar-refractivity contribution is 0.0946. The molecule has 0 atom stereocenters. The van der Waals surface area contributed by atoms with Crippen LogP contribution in [0, 0.1) is 0 Å². The van der Waals surface area contributed by atoms with Crippen LogP contribution in [0.3, 0.4) is 0 Å². The fourth-order valence-electron chi connectivity index (χ4n) is 2.74. The molecule has 7 nitrogen and oxygen atoms in total. The maximum atomic E-state index is 12.4. The van der Waals surface area contributed by atoms with E-state index in [1.807, 2.05) is 48.5 Å². The smallest absolute Gasteiger partial charge is 0.270 e. The van der Waals surface area contributed by atoms with Gasteiger partial charge in [-0.3, -0.25) is 9.78 Å². The Hall–Kier alpha value is -3.87. The van der Waals surface area contributed by atoms with E-state index in [4.69, 9.17) is 0 Å². The Labute approximate surface area is 162 Å². The number of nitrogens with one attached hydrogen (secondary N) is 1. The van der Waals surface area contributed by atoms with Crippen molar-refractivity contribution in [2.45, 2.75) is 13.1 Å². The SMILES string of the molecule is O=C(NCc1ccccc1)c1cccc(-c2cn(Cc3cccnc3)nn2)n1. The van der Waals surface area contributed by atoms with Crippen molar-refractivity contribution in [3.8, 4) is 11.4 Å². The first kappa shape index (κ1) is 17.5. The molecule has 0 unspecified atom stereocenters. The zero-order valence-electron chi connectivity index (χ0n) is 15.1. The summed E-state index contributed by atoms with van der Waals surface area (Å²) in [7, 11) is 0. The van der Waals surface area contributed by atoms with E-state index < -0.39 is 0 Å². The molecule has 4 aromatic rings. The second kappa shape index (κ2) is 8.22. The molecule has 0 aliphatic heterocycles. The molecule has 1 aromatic carbocycles. The number of hydrogen-bond donors (Lipinski definition) is 1. The molecule has 3 aromatic heterocycles. The Balaban J connectivity index is 1.45. The van der Waals surface area contributed by atoms with Crippen molar-refractivity contribution in [2.75, 3.05) is 0 Å². The second-order valence-electron chi connectivity index (χ2n) is 6.24. The third-order valence-electron chi connectivity index (χ3n) is 4.15. The van der Waals surface area contributed by atoms with Gasteiger partial charge in [0.05, 0.1) is 18.4 Å². The van der Waals surface area contributed by atoms with E-state index in [0.717, 1.165) is 11.1 Å². The summed E-state index contributed by atoms with van der Waals surface area (Å²) in [4.78, 5) is 21.0. The standard InChI is InChI=1S/C21H18N6O/c28-21(23-13-16-6-2-1-3-7-16)19-10-4-9-18(24-19)20-15-27(26-25-20)14-17-8-5-11-22-12-17/h1-12,15H,13-14H2,(H,23,28). The molecular formula is C21H18N6O. The Bertz CT molecular complexity index is 1060. The molecule has 0 aliphatic carbocycles. The van der Waals surface area contributed by atoms with Crippen LogP contribution in [0.1, 0.15) is 21.6 Å². The van der Waals surface area contributed by atoms with Crippen molar-refractivity contribution < 1.29 is 4.79 Å². The Morgan fingerprint density at radius 3 is 2.61 bits per heavy atom. The highest BCUT2D eigenvalue weighted by molar-refractivity contribution is 5.92. The fraction of sp³-hybridized carbons (Fsp3) is 0.0952. The van der Waals surface area contributed by atoms with Gasteiger partial charge < -0.3 is 5.32 Å². The number of carbonyl (C=O) groups is 1. The summed E-state index contributed by atoms with van der Waals surface area (Å²) < 4.78 is 1.72. The number of carbonyl (C=O) groups excluding carboxylic acids is 1. The number of rotatable bonds is 6. The lowest BCUT2D eigenvalue weighted by atomic mass is 10.2. The van der Waals surface area contributed by atoms with Crippen LogP contribution in [-0.4, -0.2) is 30.9 Å². The third-order valence-corrected chi connectivity index (χ3v) is 4.15. The van der Waals surface area contributed by atoms with Gasteiger partial charge in [-0.25, -0.2) is 9.67 Å². The van der Waals surface area contributed by atoms with Gasteiger partial charge in [0, 0.05) is 18.9 Å². The molecule has 0 aliphatic rings. The average Bonchev–Trinajstić information content (AvgIpc) is 3.22. The third kappa shape index (κ3) is 4.27. The predicted molar refractivity (Wildman–Crippen MR) is 104 cm³/mol. The van der Waals surface area contributed by atoms with Gasteiger partial charge in [-0.15, -0.1) is 5.10 Å². The molecule has 28 heavy (non-hydrogen) atoms. The second-order valence-corrected chi connectivity index (χ2v) is 6.24. The van der Waals surface area contributed by atoms with Crippen molar-refractivity contribution >= 4 is 5.91 Å². The van der Waals surface area contributed by atoms with Crippen molar-refractivity contribution in [1.82, 2.24) is 30.3 Å². The van der Waals surface area contributed by atoms with Crippen molar-refractivity contribution in [3.05, 3.63) is 96.1 Å².